The maximum atomic E-state index is 13.3. The number of carbonyl (C=O) groups is 1. The van der Waals surface area contributed by atoms with Gasteiger partial charge in [0.25, 0.3) is 0 Å². The molecule has 2 fully saturated rings. The first-order valence-electron chi connectivity index (χ1n) is 14.3. The summed E-state index contributed by atoms with van der Waals surface area (Å²) in [6, 6.07) is 17.5. The first-order chi connectivity index (χ1) is 17.7. The Kier molecular flexibility index (Phi) is 8.43. The van der Waals surface area contributed by atoms with Gasteiger partial charge in [-0.2, -0.15) is 0 Å². The highest BCUT2D eigenvalue weighted by molar-refractivity contribution is 5.86. The van der Waals surface area contributed by atoms with Crippen molar-refractivity contribution < 1.29 is 4.79 Å². The summed E-state index contributed by atoms with van der Waals surface area (Å²) in [6.45, 7) is 6.24. The molecular formula is C32H43N3O. The summed E-state index contributed by atoms with van der Waals surface area (Å²) < 4.78 is 2.48. The summed E-state index contributed by atoms with van der Waals surface area (Å²) in [5, 5.41) is 8.00. The Morgan fingerprint density at radius 1 is 1.00 bits per heavy atom. The number of fused-ring (bicyclic) bond motifs is 1. The molecule has 2 heterocycles. The van der Waals surface area contributed by atoms with Gasteiger partial charge in [-0.1, -0.05) is 67.3 Å². The van der Waals surface area contributed by atoms with Crippen LogP contribution in [0.3, 0.4) is 0 Å². The van der Waals surface area contributed by atoms with E-state index in [9.17, 15) is 4.79 Å². The number of nitrogens with one attached hydrogen (secondary N) is 2. The zero-order valence-corrected chi connectivity index (χ0v) is 22.0. The van der Waals surface area contributed by atoms with E-state index in [0.29, 0.717) is 6.42 Å². The van der Waals surface area contributed by atoms with Gasteiger partial charge in [-0.05, 0) is 81.1 Å². The van der Waals surface area contributed by atoms with Crippen molar-refractivity contribution in [2.45, 2.75) is 77.2 Å². The monoisotopic (exact) mass is 485 g/mol. The normalized spacial score (nSPS) is 18.4. The maximum Gasteiger partial charge on any atom is 0.220 e. The van der Waals surface area contributed by atoms with Gasteiger partial charge in [0.05, 0.1) is 0 Å². The molecule has 1 saturated heterocycles. The molecule has 1 saturated carbocycles. The van der Waals surface area contributed by atoms with Crippen molar-refractivity contribution >= 4 is 16.8 Å². The summed E-state index contributed by atoms with van der Waals surface area (Å²) in [4.78, 5) is 13.3. The van der Waals surface area contributed by atoms with E-state index in [-0.39, 0.29) is 11.8 Å². The number of piperidine rings is 1. The number of nitrogens with zero attached hydrogens (tertiary/aromatic N) is 1. The molecule has 3 aromatic rings. The van der Waals surface area contributed by atoms with E-state index < -0.39 is 0 Å². The van der Waals surface area contributed by atoms with Crippen LogP contribution < -0.4 is 10.6 Å². The molecule has 2 N–H and O–H groups in total. The van der Waals surface area contributed by atoms with Gasteiger partial charge in [-0.3, -0.25) is 4.79 Å². The zero-order chi connectivity index (χ0) is 24.7. The number of para-hydroxylation sites is 1. The second-order valence-electron chi connectivity index (χ2n) is 11.3. The van der Waals surface area contributed by atoms with Gasteiger partial charge in [-0.15, -0.1) is 0 Å². The second-order valence-corrected chi connectivity index (χ2v) is 11.3. The second kappa shape index (κ2) is 12.1. The van der Waals surface area contributed by atoms with Crippen LogP contribution in [0, 0.1) is 18.8 Å². The molecule has 0 radical (unpaired) electrons. The van der Waals surface area contributed by atoms with E-state index in [1.807, 2.05) is 0 Å². The minimum absolute atomic E-state index is 0.0567. The summed E-state index contributed by atoms with van der Waals surface area (Å²) in [6.07, 6.45) is 13.2. The van der Waals surface area contributed by atoms with Gasteiger partial charge in [-0.25, -0.2) is 0 Å². The number of hydrogen-bond donors (Lipinski definition) is 2. The van der Waals surface area contributed by atoms with Gasteiger partial charge in [0, 0.05) is 42.5 Å². The highest BCUT2D eigenvalue weighted by Gasteiger charge is 2.24. The molecule has 36 heavy (non-hydrogen) atoms. The van der Waals surface area contributed by atoms with Crippen LogP contribution in [0.15, 0.2) is 54.7 Å². The summed E-state index contributed by atoms with van der Waals surface area (Å²) in [5.41, 5.74) is 5.08. The van der Waals surface area contributed by atoms with Crippen molar-refractivity contribution in [2.24, 2.45) is 11.8 Å². The third kappa shape index (κ3) is 6.21. The lowest BCUT2D eigenvalue weighted by Gasteiger charge is -2.23. The zero-order valence-electron chi connectivity index (χ0n) is 22.0. The number of amides is 1. The molecule has 4 heteroatoms. The third-order valence-corrected chi connectivity index (χ3v) is 8.54. The standard InChI is InChI=1S/C32H43N3O/c1-24-8-7-11-27(20-24)29(21-32(36)34-19-16-25-14-17-33-18-15-25)30-23-35(22-26-9-3-2-4-10-26)31-13-6-5-12-28(30)31/h5-8,11-13,20,23,25-26,29,33H,2-4,9-10,14-19,21-22H2,1H3,(H,34,36). The molecule has 1 aromatic heterocycles. The van der Waals surface area contributed by atoms with Gasteiger partial charge in [0.2, 0.25) is 5.91 Å². The Labute approximate surface area is 216 Å². The van der Waals surface area contributed by atoms with Crippen LogP contribution in [0.1, 0.15) is 80.4 Å². The number of carbonyl (C=O) groups excluding carboxylic acids is 1. The van der Waals surface area contributed by atoms with Crippen molar-refractivity contribution in [1.82, 2.24) is 15.2 Å². The lowest BCUT2D eigenvalue weighted by molar-refractivity contribution is -0.121. The third-order valence-electron chi connectivity index (χ3n) is 8.54. The number of benzene rings is 2. The summed E-state index contributed by atoms with van der Waals surface area (Å²) in [7, 11) is 0. The Morgan fingerprint density at radius 2 is 1.81 bits per heavy atom. The fourth-order valence-electron chi connectivity index (χ4n) is 6.49. The first-order valence-corrected chi connectivity index (χ1v) is 14.3. The lowest BCUT2D eigenvalue weighted by atomic mass is 9.87. The van der Waals surface area contributed by atoms with Crippen LogP contribution in [0.2, 0.25) is 0 Å². The molecule has 4 nitrogen and oxygen atoms in total. The maximum absolute atomic E-state index is 13.3. The first kappa shape index (κ1) is 25.1. The SMILES string of the molecule is Cc1cccc(C(CC(=O)NCCC2CCNCC2)c2cn(CC3CCCCC3)c3ccccc23)c1. The molecule has 1 atom stereocenters. The predicted molar refractivity (Wildman–Crippen MR) is 149 cm³/mol. The average molecular weight is 486 g/mol. The number of aromatic nitrogens is 1. The lowest BCUT2D eigenvalue weighted by Crippen LogP contribution is -2.31. The molecule has 192 valence electrons. The fourth-order valence-corrected chi connectivity index (χ4v) is 6.49. The highest BCUT2D eigenvalue weighted by Crippen LogP contribution is 2.36. The molecule has 1 aliphatic heterocycles. The number of aryl methyl sites for hydroxylation is 1. The smallest absolute Gasteiger partial charge is 0.220 e. The van der Waals surface area contributed by atoms with Crippen LogP contribution >= 0.6 is 0 Å². The minimum Gasteiger partial charge on any atom is -0.356 e. The van der Waals surface area contributed by atoms with Crippen LogP contribution in [-0.2, 0) is 11.3 Å². The fraction of sp³-hybridized carbons (Fsp3) is 0.531. The van der Waals surface area contributed by atoms with E-state index in [1.165, 1.54) is 72.5 Å². The van der Waals surface area contributed by atoms with Gasteiger partial charge >= 0.3 is 0 Å². The highest BCUT2D eigenvalue weighted by atomic mass is 16.1. The number of rotatable bonds is 9. The molecule has 2 aliphatic rings. The minimum atomic E-state index is 0.0567. The molecule has 0 bridgehead atoms. The van der Waals surface area contributed by atoms with Crippen molar-refractivity contribution in [3.8, 4) is 0 Å². The van der Waals surface area contributed by atoms with Gasteiger partial charge < -0.3 is 15.2 Å². The number of hydrogen-bond acceptors (Lipinski definition) is 2. The van der Waals surface area contributed by atoms with E-state index >= 15 is 0 Å². The van der Waals surface area contributed by atoms with E-state index in [4.69, 9.17) is 0 Å². The summed E-state index contributed by atoms with van der Waals surface area (Å²) >= 11 is 0. The van der Waals surface area contributed by atoms with Crippen molar-refractivity contribution in [1.29, 1.82) is 0 Å². The molecule has 2 aromatic carbocycles. The van der Waals surface area contributed by atoms with Crippen LogP contribution in [-0.4, -0.2) is 30.1 Å². The van der Waals surface area contributed by atoms with E-state index in [2.05, 4.69) is 76.9 Å². The topological polar surface area (TPSA) is 46.1 Å². The molecule has 5 rings (SSSR count). The van der Waals surface area contributed by atoms with Gasteiger partial charge in [0.15, 0.2) is 0 Å². The van der Waals surface area contributed by atoms with Crippen molar-refractivity contribution in [3.63, 3.8) is 0 Å². The van der Waals surface area contributed by atoms with Crippen LogP contribution in [0.4, 0.5) is 0 Å². The summed E-state index contributed by atoms with van der Waals surface area (Å²) in [5.74, 6) is 1.72. The molecular weight excluding hydrogens is 442 g/mol. The van der Waals surface area contributed by atoms with Crippen LogP contribution in [0.5, 0.6) is 0 Å². The molecule has 1 unspecified atom stereocenters. The predicted octanol–water partition coefficient (Wildman–Crippen LogP) is 6.56. The average Bonchev–Trinajstić information content (AvgIpc) is 3.26. The van der Waals surface area contributed by atoms with E-state index in [0.717, 1.165) is 44.4 Å². The van der Waals surface area contributed by atoms with Crippen LogP contribution in [0.25, 0.3) is 10.9 Å². The Bertz CT molecular complexity index is 1140. The van der Waals surface area contributed by atoms with Crippen molar-refractivity contribution in [3.05, 3.63) is 71.4 Å². The Morgan fingerprint density at radius 3 is 2.61 bits per heavy atom. The molecule has 0 spiro atoms. The quantitative estimate of drug-likeness (QED) is 0.361. The Balaban J connectivity index is 1.38. The Hall–Kier alpha value is -2.59. The van der Waals surface area contributed by atoms with Gasteiger partial charge in [0.1, 0.15) is 0 Å². The van der Waals surface area contributed by atoms with E-state index in [1.54, 1.807) is 0 Å². The largest absolute Gasteiger partial charge is 0.356 e. The molecule has 1 aliphatic carbocycles. The van der Waals surface area contributed by atoms with Crippen molar-refractivity contribution in [2.75, 3.05) is 19.6 Å². The molecule has 1 amide bonds.